The van der Waals surface area contributed by atoms with Crippen molar-refractivity contribution in [3.05, 3.63) is 76.3 Å². The summed E-state index contributed by atoms with van der Waals surface area (Å²) in [4.78, 5) is 24.9. The predicted octanol–water partition coefficient (Wildman–Crippen LogP) is 5.66. The normalized spacial score (nSPS) is 10.7. The summed E-state index contributed by atoms with van der Waals surface area (Å²) in [5, 5.41) is 3.10. The Morgan fingerprint density at radius 3 is 2.35 bits per heavy atom. The second-order valence-corrected chi connectivity index (χ2v) is 7.33. The molecule has 0 aliphatic heterocycles. The average Bonchev–Trinajstić information content (AvgIpc) is 2.65. The number of benzene rings is 3. The van der Waals surface area contributed by atoms with Crippen LogP contribution in [0.4, 0.5) is 0 Å². The molecule has 26 heavy (non-hydrogen) atoms. The van der Waals surface area contributed by atoms with Crippen LogP contribution in [0.2, 0.25) is 10.0 Å². The maximum atomic E-state index is 12.0. The molecule has 0 radical (unpaired) electrons. The van der Waals surface area contributed by atoms with E-state index in [-0.39, 0.29) is 18.1 Å². The lowest BCUT2D eigenvalue weighted by Gasteiger charge is -2.08. The van der Waals surface area contributed by atoms with Crippen LogP contribution in [-0.4, -0.2) is 24.1 Å². The molecule has 0 amide bonds. The molecule has 0 saturated carbocycles. The van der Waals surface area contributed by atoms with E-state index in [9.17, 15) is 9.59 Å². The third kappa shape index (κ3) is 4.58. The Kier molecular flexibility index (Phi) is 6.20. The van der Waals surface area contributed by atoms with Crippen molar-refractivity contribution in [2.24, 2.45) is 0 Å². The van der Waals surface area contributed by atoms with Crippen molar-refractivity contribution in [2.75, 3.05) is 12.4 Å². The minimum Gasteiger partial charge on any atom is -0.457 e. The van der Waals surface area contributed by atoms with Crippen LogP contribution in [0.5, 0.6) is 0 Å². The van der Waals surface area contributed by atoms with Crippen molar-refractivity contribution in [2.45, 2.75) is 4.90 Å². The molecular formula is C20H14Cl2O3S. The Balaban J connectivity index is 1.58. The number of ketones is 1. The first-order valence-electron chi connectivity index (χ1n) is 7.79. The molecule has 0 saturated heterocycles. The van der Waals surface area contributed by atoms with Gasteiger partial charge in [0.05, 0.1) is 5.75 Å². The maximum Gasteiger partial charge on any atom is 0.316 e. The Bertz CT molecular complexity index is 950. The number of hydrogen-bond donors (Lipinski definition) is 0. The number of thioether (sulfide) groups is 1. The molecule has 3 rings (SSSR count). The van der Waals surface area contributed by atoms with E-state index < -0.39 is 5.97 Å². The summed E-state index contributed by atoms with van der Waals surface area (Å²) in [7, 11) is 0. The molecule has 3 nitrogen and oxygen atoms in total. The molecule has 0 aromatic heterocycles. The van der Waals surface area contributed by atoms with Crippen LogP contribution in [0.1, 0.15) is 10.4 Å². The third-order valence-electron chi connectivity index (χ3n) is 3.69. The van der Waals surface area contributed by atoms with Crippen LogP contribution in [0, 0.1) is 0 Å². The van der Waals surface area contributed by atoms with Crippen LogP contribution in [-0.2, 0) is 9.53 Å². The fraction of sp³-hybridized carbons (Fsp3) is 0.100. The fourth-order valence-electron chi connectivity index (χ4n) is 2.43. The number of fused-ring (bicyclic) bond motifs is 1. The summed E-state index contributed by atoms with van der Waals surface area (Å²) in [6.45, 7) is -0.294. The highest BCUT2D eigenvalue weighted by Gasteiger charge is 2.12. The van der Waals surface area contributed by atoms with Crippen molar-refractivity contribution in [1.29, 1.82) is 0 Å². The number of carbonyl (C=O) groups excluding carboxylic acids is 2. The third-order valence-corrected chi connectivity index (χ3v) is 5.29. The van der Waals surface area contributed by atoms with Crippen molar-refractivity contribution < 1.29 is 14.3 Å². The molecule has 3 aromatic rings. The number of rotatable bonds is 6. The van der Waals surface area contributed by atoms with Crippen LogP contribution >= 0.6 is 35.0 Å². The van der Waals surface area contributed by atoms with Gasteiger partial charge < -0.3 is 4.74 Å². The van der Waals surface area contributed by atoms with Crippen LogP contribution in [0.3, 0.4) is 0 Å². The van der Waals surface area contributed by atoms with Crippen molar-refractivity contribution >= 4 is 57.5 Å². The van der Waals surface area contributed by atoms with E-state index in [0.717, 1.165) is 15.7 Å². The smallest absolute Gasteiger partial charge is 0.316 e. The molecular weight excluding hydrogens is 391 g/mol. The largest absolute Gasteiger partial charge is 0.457 e. The number of esters is 1. The Morgan fingerprint density at radius 1 is 0.923 bits per heavy atom. The van der Waals surface area contributed by atoms with Gasteiger partial charge in [0.25, 0.3) is 0 Å². The molecule has 0 N–H and O–H groups in total. The van der Waals surface area contributed by atoms with Gasteiger partial charge in [-0.05, 0) is 41.8 Å². The maximum absolute atomic E-state index is 12.0. The van der Waals surface area contributed by atoms with Gasteiger partial charge in [0.1, 0.15) is 0 Å². The second-order valence-electron chi connectivity index (χ2n) is 5.47. The summed E-state index contributed by atoms with van der Waals surface area (Å²) < 4.78 is 5.08. The lowest BCUT2D eigenvalue weighted by Crippen LogP contribution is -2.15. The van der Waals surface area contributed by atoms with E-state index in [4.69, 9.17) is 27.9 Å². The monoisotopic (exact) mass is 404 g/mol. The zero-order chi connectivity index (χ0) is 18.5. The first-order valence-corrected chi connectivity index (χ1v) is 9.53. The molecule has 0 aliphatic carbocycles. The predicted molar refractivity (Wildman–Crippen MR) is 106 cm³/mol. The van der Waals surface area contributed by atoms with E-state index in [0.29, 0.717) is 15.6 Å². The van der Waals surface area contributed by atoms with Gasteiger partial charge in [0.2, 0.25) is 0 Å². The number of carbonyl (C=O) groups is 2. The van der Waals surface area contributed by atoms with Crippen LogP contribution in [0.25, 0.3) is 10.8 Å². The SMILES string of the molecule is O=C(CSc1cccc2cccc(Cl)c12)OCC(=O)c1ccc(Cl)cc1. The van der Waals surface area contributed by atoms with Crippen LogP contribution < -0.4 is 0 Å². The highest BCUT2D eigenvalue weighted by atomic mass is 35.5. The summed E-state index contributed by atoms with van der Waals surface area (Å²) in [5.41, 5.74) is 0.454. The lowest BCUT2D eigenvalue weighted by atomic mass is 10.1. The Hall–Kier alpha value is -2.01. The molecule has 0 aliphatic rings. The summed E-state index contributed by atoms with van der Waals surface area (Å²) in [5.74, 6) is -0.632. The van der Waals surface area contributed by atoms with E-state index in [1.54, 1.807) is 24.3 Å². The zero-order valence-electron chi connectivity index (χ0n) is 13.6. The Morgan fingerprint density at radius 2 is 1.62 bits per heavy atom. The summed E-state index contributed by atoms with van der Waals surface area (Å²) in [6, 6.07) is 17.9. The highest BCUT2D eigenvalue weighted by molar-refractivity contribution is 8.00. The van der Waals surface area contributed by atoms with Gasteiger partial charge in [0.15, 0.2) is 12.4 Å². The Labute approximate surface area is 165 Å². The van der Waals surface area contributed by atoms with E-state index in [1.165, 1.54) is 11.8 Å². The molecule has 0 fully saturated rings. The molecule has 0 bridgehead atoms. The molecule has 132 valence electrons. The van der Waals surface area contributed by atoms with Crippen LogP contribution in [0.15, 0.2) is 65.6 Å². The molecule has 6 heteroatoms. The average molecular weight is 405 g/mol. The topological polar surface area (TPSA) is 43.4 Å². The number of Topliss-reactive ketones (excluding diaryl/α,β-unsaturated/α-hetero) is 1. The molecule has 0 unspecified atom stereocenters. The highest BCUT2D eigenvalue weighted by Crippen LogP contribution is 2.33. The molecule has 0 atom stereocenters. The zero-order valence-corrected chi connectivity index (χ0v) is 15.9. The van der Waals surface area contributed by atoms with Gasteiger partial charge in [-0.1, -0.05) is 47.5 Å². The molecule has 0 heterocycles. The van der Waals surface area contributed by atoms with Gasteiger partial charge in [-0.2, -0.15) is 0 Å². The lowest BCUT2D eigenvalue weighted by molar-refractivity contribution is -0.139. The minimum absolute atomic E-state index is 0.0955. The number of hydrogen-bond acceptors (Lipinski definition) is 4. The summed E-state index contributed by atoms with van der Waals surface area (Å²) >= 11 is 13.4. The second kappa shape index (κ2) is 8.58. The van der Waals surface area contributed by atoms with Crippen molar-refractivity contribution in [3.63, 3.8) is 0 Å². The van der Waals surface area contributed by atoms with E-state index in [2.05, 4.69) is 0 Å². The van der Waals surface area contributed by atoms with E-state index in [1.807, 2.05) is 36.4 Å². The van der Waals surface area contributed by atoms with Gasteiger partial charge >= 0.3 is 5.97 Å². The van der Waals surface area contributed by atoms with Gasteiger partial charge in [-0.15, -0.1) is 11.8 Å². The quantitative estimate of drug-likeness (QED) is 0.301. The van der Waals surface area contributed by atoms with Crippen molar-refractivity contribution in [1.82, 2.24) is 0 Å². The van der Waals surface area contributed by atoms with Gasteiger partial charge in [-0.3, -0.25) is 9.59 Å². The number of halogens is 2. The fourth-order valence-corrected chi connectivity index (χ4v) is 3.80. The molecule has 0 spiro atoms. The molecule has 3 aromatic carbocycles. The van der Waals surface area contributed by atoms with Crippen molar-refractivity contribution in [3.8, 4) is 0 Å². The minimum atomic E-state index is -0.457. The number of ether oxygens (including phenoxy) is 1. The van der Waals surface area contributed by atoms with Gasteiger partial charge in [0, 0.05) is 25.9 Å². The first kappa shape index (κ1) is 18.8. The summed E-state index contributed by atoms with van der Waals surface area (Å²) in [6.07, 6.45) is 0. The first-order chi connectivity index (χ1) is 12.5. The van der Waals surface area contributed by atoms with E-state index >= 15 is 0 Å². The standard InChI is InChI=1S/C20H14Cl2O3S/c21-15-9-7-13(8-10-15)17(23)11-25-19(24)12-26-18-6-2-4-14-3-1-5-16(22)20(14)18/h1-10H,11-12H2. The van der Waals surface area contributed by atoms with Gasteiger partial charge in [-0.25, -0.2) is 0 Å².